The Bertz CT molecular complexity index is 243. The van der Waals surface area contributed by atoms with Crippen molar-refractivity contribution < 1.29 is 9.59 Å². The van der Waals surface area contributed by atoms with E-state index in [2.05, 4.69) is 6.58 Å². The van der Waals surface area contributed by atoms with Gasteiger partial charge in [-0.15, -0.1) is 6.58 Å². The molecule has 0 N–H and O–H groups in total. The first-order chi connectivity index (χ1) is 8.72. The summed E-state index contributed by atoms with van der Waals surface area (Å²) < 4.78 is 0. The van der Waals surface area contributed by atoms with Crippen LogP contribution in [-0.4, -0.2) is 11.6 Å². The maximum atomic E-state index is 11.5. The summed E-state index contributed by atoms with van der Waals surface area (Å²) in [7, 11) is 0. The molecule has 0 aliphatic heterocycles. The van der Waals surface area contributed by atoms with Gasteiger partial charge >= 0.3 is 0 Å². The van der Waals surface area contributed by atoms with Gasteiger partial charge in [-0.05, 0) is 25.7 Å². The monoisotopic (exact) mass is 252 g/mol. The Hall–Kier alpha value is -0.920. The van der Waals surface area contributed by atoms with Gasteiger partial charge in [-0.1, -0.05) is 45.1 Å². The Kier molecular flexibility index (Phi) is 11.9. The predicted octanol–water partition coefficient (Wildman–Crippen LogP) is 4.62. The summed E-state index contributed by atoms with van der Waals surface area (Å²) >= 11 is 0. The van der Waals surface area contributed by atoms with Crippen LogP contribution in [0.1, 0.15) is 77.6 Å². The molecule has 0 saturated heterocycles. The quantitative estimate of drug-likeness (QED) is 0.272. The van der Waals surface area contributed by atoms with Gasteiger partial charge in [-0.3, -0.25) is 9.59 Å². The van der Waals surface area contributed by atoms with Crippen molar-refractivity contribution >= 4 is 11.6 Å². The first-order valence-corrected chi connectivity index (χ1v) is 7.39. The minimum Gasteiger partial charge on any atom is -0.291 e. The molecule has 0 aromatic heterocycles. The molecule has 0 amide bonds. The Balaban J connectivity index is 3.34. The first-order valence-electron chi connectivity index (χ1n) is 7.39. The number of Topliss-reactive ketones (excluding diaryl/α,β-unsaturated/α-hetero) is 2. The standard InChI is InChI=1S/C16H28O2/c1-3-5-7-8-9-10-11-12-14-16(18)15(17)13-6-4-2/h3H,1,4-14H2,2H3. The molecule has 18 heavy (non-hydrogen) atoms. The van der Waals surface area contributed by atoms with Crippen molar-refractivity contribution in [1.29, 1.82) is 0 Å². The molecule has 104 valence electrons. The molecule has 0 radical (unpaired) electrons. The Morgan fingerprint density at radius 1 is 0.833 bits per heavy atom. The van der Waals surface area contributed by atoms with E-state index in [-0.39, 0.29) is 11.6 Å². The molecule has 2 nitrogen and oxygen atoms in total. The van der Waals surface area contributed by atoms with Crippen LogP contribution in [0.25, 0.3) is 0 Å². The second kappa shape index (κ2) is 12.5. The number of carbonyl (C=O) groups excluding carboxylic acids is 2. The van der Waals surface area contributed by atoms with E-state index in [0.717, 1.165) is 32.1 Å². The van der Waals surface area contributed by atoms with Crippen molar-refractivity contribution in [3.63, 3.8) is 0 Å². The third-order valence-corrected chi connectivity index (χ3v) is 3.13. The number of hydrogen-bond acceptors (Lipinski definition) is 2. The van der Waals surface area contributed by atoms with Gasteiger partial charge < -0.3 is 0 Å². The molecule has 0 fully saturated rings. The summed E-state index contributed by atoms with van der Waals surface area (Å²) in [6.07, 6.45) is 12.6. The van der Waals surface area contributed by atoms with Gasteiger partial charge in [-0.25, -0.2) is 0 Å². The number of allylic oxidation sites excluding steroid dienone is 1. The number of carbonyl (C=O) groups is 2. The van der Waals surface area contributed by atoms with E-state index in [1.165, 1.54) is 25.7 Å². The van der Waals surface area contributed by atoms with Crippen molar-refractivity contribution in [3.8, 4) is 0 Å². The van der Waals surface area contributed by atoms with Gasteiger partial charge in [0.25, 0.3) is 0 Å². The summed E-state index contributed by atoms with van der Waals surface area (Å²) in [5.41, 5.74) is 0. The smallest absolute Gasteiger partial charge is 0.198 e. The molecule has 0 aliphatic carbocycles. The molecular formula is C16H28O2. The van der Waals surface area contributed by atoms with Crippen LogP contribution in [0, 0.1) is 0 Å². The van der Waals surface area contributed by atoms with Gasteiger partial charge in [-0.2, -0.15) is 0 Å². The highest BCUT2D eigenvalue weighted by atomic mass is 16.2. The highest BCUT2D eigenvalue weighted by Gasteiger charge is 2.11. The van der Waals surface area contributed by atoms with Gasteiger partial charge in [0.15, 0.2) is 11.6 Å². The Morgan fingerprint density at radius 2 is 1.33 bits per heavy atom. The van der Waals surface area contributed by atoms with Crippen LogP contribution < -0.4 is 0 Å². The fourth-order valence-corrected chi connectivity index (χ4v) is 1.90. The molecule has 0 spiro atoms. The molecule has 0 aromatic carbocycles. The summed E-state index contributed by atoms with van der Waals surface area (Å²) in [5.74, 6) is -0.321. The largest absolute Gasteiger partial charge is 0.291 e. The molecule has 0 unspecified atom stereocenters. The first kappa shape index (κ1) is 17.1. The number of hydrogen-bond donors (Lipinski definition) is 0. The summed E-state index contributed by atoms with van der Waals surface area (Å²) in [5, 5.41) is 0. The van der Waals surface area contributed by atoms with Crippen LogP contribution in [0.15, 0.2) is 12.7 Å². The van der Waals surface area contributed by atoms with Crippen LogP contribution in [0.2, 0.25) is 0 Å². The number of unbranched alkanes of at least 4 members (excludes halogenated alkanes) is 7. The van der Waals surface area contributed by atoms with Gasteiger partial charge in [0.05, 0.1) is 0 Å². The Labute approximate surface area is 112 Å². The molecule has 0 heterocycles. The van der Waals surface area contributed by atoms with E-state index in [1.807, 2.05) is 13.0 Å². The predicted molar refractivity (Wildman–Crippen MR) is 76.7 cm³/mol. The maximum Gasteiger partial charge on any atom is 0.198 e. The van der Waals surface area contributed by atoms with Gasteiger partial charge in [0, 0.05) is 12.8 Å². The average Bonchev–Trinajstić information content (AvgIpc) is 2.38. The zero-order valence-electron chi connectivity index (χ0n) is 11.9. The highest BCUT2D eigenvalue weighted by Crippen LogP contribution is 2.09. The van der Waals surface area contributed by atoms with Crippen LogP contribution in [0.3, 0.4) is 0 Å². The lowest BCUT2D eigenvalue weighted by atomic mass is 10.0. The van der Waals surface area contributed by atoms with E-state index in [1.54, 1.807) is 0 Å². The van der Waals surface area contributed by atoms with Crippen molar-refractivity contribution in [3.05, 3.63) is 12.7 Å². The summed E-state index contributed by atoms with van der Waals surface area (Å²) in [4.78, 5) is 22.8. The molecule has 0 saturated carbocycles. The molecule has 0 aliphatic rings. The second-order valence-corrected chi connectivity index (χ2v) is 4.90. The van der Waals surface area contributed by atoms with Crippen LogP contribution in [-0.2, 0) is 9.59 Å². The fourth-order valence-electron chi connectivity index (χ4n) is 1.90. The van der Waals surface area contributed by atoms with E-state index in [0.29, 0.717) is 12.8 Å². The third kappa shape index (κ3) is 10.2. The minimum atomic E-state index is -0.164. The normalized spacial score (nSPS) is 10.3. The summed E-state index contributed by atoms with van der Waals surface area (Å²) in [6, 6.07) is 0. The Morgan fingerprint density at radius 3 is 1.89 bits per heavy atom. The lowest BCUT2D eigenvalue weighted by molar-refractivity contribution is -0.136. The van der Waals surface area contributed by atoms with E-state index in [9.17, 15) is 9.59 Å². The molecule has 0 aromatic rings. The van der Waals surface area contributed by atoms with Crippen molar-refractivity contribution in [1.82, 2.24) is 0 Å². The van der Waals surface area contributed by atoms with E-state index < -0.39 is 0 Å². The van der Waals surface area contributed by atoms with Crippen LogP contribution in [0.5, 0.6) is 0 Å². The molecule has 2 heteroatoms. The molecule has 0 rings (SSSR count). The molecular weight excluding hydrogens is 224 g/mol. The second-order valence-electron chi connectivity index (χ2n) is 4.90. The molecule has 0 bridgehead atoms. The van der Waals surface area contributed by atoms with E-state index >= 15 is 0 Å². The SMILES string of the molecule is C=CCCCCCCCCC(=O)C(=O)CCCC. The van der Waals surface area contributed by atoms with E-state index in [4.69, 9.17) is 0 Å². The topological polar surface area (TPSA) is 34.1 Å². The maximum absolute atomic E-state index is 11.5. The van der Waals surface area contributed by atoms with Crippen molar-refractivity contribution in [2.75, 3.05) is 0 Å². The average molecular weight is 252 g/mol. The van der Waals surface area contributed by atoms with Crippen LogP contribution in [0.4, 0.5) is 0 Å². The fraction of sp³-hybridized carbons (Fsp3) is 0.750. The minimum absolute atomic E-state index is 0.157. The lowest BCUT2D eigenvalue weighted by Gasteiger charge is -2.01. The van der Waals surface area contributed by atoms with Gasteiger partial charge in [0.2, 0.25) is 0 Å². The zero-order chi connectivity index (χ0) is 13.6. The van der Waals surface area contributed by atoms with Crippen molar-refractivity contribution in [2.45, 2.75) is 77.6 Å². The number of ketones is 2. The third-order valence-electron chi connectivity index (χ3n) is 3.13. The number of rotatable bonds is 13. The molecule has 0 atom stereocenters. The van der Waals surface area contributed by atoms with Crippen LogP contribution >= 0.6 is 0 Å². The zero-order valence-corrected chi connectivity index (χ0v) is 11.9. The van der Waals surface area contributed by atoms with Gasteiger partial charge in [0.1, 0.15) is 0 Å². The van der Waals surface area contributed by atoms with Crippen molar-refractivity contribution in [2.24, 2.45) is 0 Å². The summed E-state index contributed by atoms with van der Waals surface area (Å²) in [6.45, 7) is 5.73. The highest BCUT2D eigenvalue weighted by molar-refractivity contribution is 6.37. The lowest BCUT2D eigenvalue weighted by Crippen LogP contribution is -2.13.